The van der Waals surface area contributed by atoms with E-state index < -0.39 is 10.2 Å². The summed E-state index contributed by atoms with van der Waals surface area (Å²) in [5.74, 6) is 1.09. The number of morpholine rings is 1. The summed E-state index contributed by atoms with van der Waals surface area (Å²) in [4.78, 5) is 14.5. The van der Waals surface area contributed by atoms with Crippen molar-refractivity contribution in [3.8, 4) is 0 Å². The zero-order chi connectivity index (χ0) is 18.6. The molecular weight excluding hydrogens is 356 g/mol. The number of nitrogens with zero attached hydrogens (tertiary/aromatic N) is 3. The van der Waals surface area contributed by atoms with Gasteiger partial charge in [0.05, 0.1) is 13.2 Å². The van der Waals surface area contributed by atoms with Gasteiger partial charge in [-0.1, -0.05) is 6.92 Å². The van der Waals surface area contributed by atoms with Crippen LogP contribution >= 0.6 is 0 Å². The molecule has 3 aliphatic rings. The fourth-order valence-corrected chi connectivity index (χ4v) is 5.61. The average molecular weight is 389 g/mol. The van der Waals surface area contributed by atoms with Gasteiger partial charge in [-0.3, -0.25) is 4.79 Å². The molecule has 26 heavy (non-hydrogen) atoms. The first-order valence-corrected chi connectivity index (χ1v) is 11.2. The summed E-state index contributed by atoms with van der Waals surface area (Å²) in [7, 11) is -3.43. The van der Waals surface area contributed by atoms with Gasteiger partial charge >= 0.3 is 0 Å². The molecule has 2 unspecified atom stereocenters. The van der Waals surface area contributed by atoms with E-state index in [9.17, 15) is 13.2 Å². The summed E-state index contributed by atoms with van der Waals surface area (Å²) in [5.41, 5.74) is 0. The molecule has 0 radical (unpaired) electrons. The van der Waals surface area contributed by atoms with Crippen molar-refractivity contribution in [2.75, 3.05) is 65.6 Å². The number of hydrogen-bond acceptors (Lipinski definition) is 5. The number of carbonyl (C=O) groups excluding carboxylic acids is 1. The Morgan fingerprint density at radius 2 is 1.77 bits per heavy atom. The van der Waals surface area contributed by atoms with Gasteiger partial charge in [-0.05, 0) is 37.8 Å². The molecule has 2 atom stereocenters. The van der Waals surface area contributed by atoms with Crippen LogP contribution in [0.5, 0.6) is 0 Å². The summed E-state index contributed by atoms with van der Waals surface area (Å²) in [6.45, 7) is 7.69. The number of piperazine rings is 1. The third-order valence-corrected chi connectivity index (χ3v) is 7.89. The molecule has 9 heteroatoms. The van der Waals surface area contributed by atoms with E-state index in [4.69, 9.17) is 4.74 Å². The lowest BCUT2D eigenvalue weighted by atomic mass is 9.85. The Balaban J connectivity index is 1.47. The van der Waals surface area contributed by atoms with Crippen LogP contribution in [0.15, 0.2) is 0 Å². The smallest absolute Gasteiger partial charge is 0.282 e. The minimum Gasteiger partial charge on any atom is -0.379 e. The van der Waals surface area contributed by atoms with Gasteiger partial charge < -0.3 is 15.0 Å². The molecule has 8 nitrogen and oxygen atoms in total. The number of piperidine rings is 1. The van der Waals surface area contributed by atoms with Gasteiger partial charge in [0.1, 0.15) is 0 Å². The summed E-state index contributed by atoms with van der Waals surface area (Å²) < 4.78 is 33.6. The van der Waals surface area contributed by atoms with Crippen LogP contribution in [0.2, 0.25) is 0 Å². The topological polar surface area (TPSA) is 82.2 Å². The number of carbonyl (C=O) groups is 1. The Bertz CT molecular complexity index is 565. The van der Waals surface area contributed by atoms with Crippen molar-refractivity contribution >= 4 is 16.1 Å². The Hall–Kier alpha value is -0.740. The lowest BCUT2D eigenvalue weighted by Crippen LogP contribution is -2.56. The minimum atomic E-state index is -3.43. The molecule has 3 saturated heterocycles. The van der Waals surface area contributed by atoms with Gasteiger partial charge in [-0.25, -0.2) is 0 Å². The van der Waals surface area contributed by atoms with Gasteiger partial charge in [0.2, 0.25) is 5.91 Å². The van der Waals surface area contributed by atoms with Crippen molar-refractivity contribution in [2.24, 2.45) is 11.8 Å². The molecule has 0 saturated carbocycles. The molecule has 0 aromatic carbocycles. The SMILES string of the molecule is CC(CC(=O)N1CCN(S(=O)(=O)N2CCOCC2)CC1)C1CCCNC1. The first kappa shape index (κ1) is 20.0. The van der Waals surface area contributed by atoms with Gasteiger partial charge in [0.15, 0.2) is 0 Å². The number of hydrogen-bond donors (Lipinski definition) is 1. The number of rotatable bonds is 5. The fraction of sp³-hybridized carbons (Fsp3) is 0.941. The molecular formula is C17H32N4O4S. The predicted octanol–water partition coefficient (Wildman–Crippen LogP) is -0.267. The number of nitrogens with one attached hydrogen (secondary N) is 1. The molecule has 0 spiro atoms. The van der Waals surface area contributed by atoms with Crippen LogP contribution in [0.4, 0.5) is 0 Å². The quantitative estimate of drug-likeness (QED) is 0.701. The second-order valence-electron chi connectivity index (χ2n) is 7.59. The van der Waals surface area contributed by atoms with Crippen molar-refractivity contribution in [3.63, 3.8) is 0 Å². The highest BCUT2D eigenvalue weighted by molar-refractivity contribution is 7.86. The Kier molecular flexibility index (Phi) is 6.90. The molecule has 3 rings (SSSR count). The average Bonchev–Trinajstić information content (AvgIpc) is 2.69. The molecule has 0 bridgehead atoms. The van der Waals surface area contributed by atoms with Crippen molar-refractivity contribution in [3.05, 3.63) is 0 Å². The molecule has 1 amide bonds. The molecule has 3 heterocycles. The van der Waals surface area contributed by atoms with E-state index in [1.54, 1.807) is 0 Å². The highest BCUT2D eigenvalue weighted by atomic mass is 32.2. The van der Waals surface area contributed by atoms with Crippen molar-refractivity contribution < 1.29 is 17.9 Å². The maximum absolute atomic E-state index is 12.7. The second-order valence-corrected chi connectivity index (χ2v) is 9.52. The normalized spacial score (nSPS) is 28.0. The molecule has 0 aromatic rings. The standard InChI is InChI=1S/C17H32N4O4S/c1-15(16-3-2-4-18-14-16)13-17(22)19-5-7-20(8-6-19)26(23,24)21-9-11-25-12-10-21/h15-16,18H,2-14H2,1H3. The Labute approximate surface area is 157 Å². The van der Waals surface area contributed by atoms with E-state index in [1.807, 2.05) is 4.90 Å². The van der Waals surface area contributed by atoms with Crippen molar-refractivity contribution in [1.82, 2.24) is 18.8 Å². The molecule has 1 N–H and O–H groups in total. The zero-order valence-electron chi connectivity index (χ0n) is 15.7. The van der Waals surface area contributed by atoms with E-state index in [0.717, 1.165) is 13.1 Å². The van der Waals surface area contributed by atoms with Crippen molar-refractivity contribution in [1.29, 1.82) is 0 Å². The first-order valence-electron chi connectivity index (χ1n) is 9.80. The Morgan fingerprint density at radius 3 is 2.38 bits per heavy atom. The highest BCUT2D eigenvalue weighted by Gasteiger charge is 2.34. The second kappa shape index (κ2) is 8.97. The lowest BCUT2D eigenvalue weighted by Gasteiger charge is -2.38. The van der Waals surface area contributed by atoms with Crippen LogP contribution in [0, 0.1) is 11.8 Å². The van der Waals surface area contributed by atoms with Crippen LogP contribution in [0.3, 0.4) is 0 Å². The predicted molar refractivity (Wildman–Crippen MR) is 98.8 cm³/mol. The fourth-order valence-electron chi connectivity index (χ4n) is 4.04. The summed E-state index contributed by atoms with van der Waals surface area (Å²) >= 11 is 0. The Morgan fingerprint density at radius 1 is 1.12 bits per heavy atom. The molecule has 3 aliphatic heterocycles. The number of amides is 1. The molecule has 0 aromatic heterocycles. The summed E-state index contributed by atoms with van der Waals surface area (Å²) in [6, 6.07) is 0. The van der Waals surface area contributed by atoms with Crippen LogP contribution in [-0.2, 0) is 19.7 Å². The highest BCUT2D eigenvalue weighted by Crippen LogP contribution is 2.24. The molecule has 150 valence electrons. The van der Waals surface area contributed by atoms with Gasteiger partial charge in [0.25, 0.3) is 10.2 Å². The zero-order valence-corrected chi connectivity index (χ0v) is 16.5. The molecule has 3 fully saturated rings. The van der Waals surface area contributed by atoms with Gasteiger partial charge in [-0.2, -0.15) is 17.0 Å². The lowest BCUT2D eigenvalue weighted by molar-refractivity contribution is -0.133. The van der Waals surface area contributed by atoms with E-state index in [0.29, 0.717) is 70.7 Å². The van der Waals surface area contributed by atoms with Crippen LogP contribution in [0.25, 0.3) is 0 Å². The summed E-state index contributed by atoms with van der Waals surface area (Å²) in [5, 5.41) is 3.41. The van der Waals surface area contributed by atoms with Crippen LogP contribution in [0.1, 0.15) is 26.2 Å². The first-order chi connectivity index (χ1) is 12.5. The third-order valence-electron chi connectivity index (χ3n) is 5.85. The van der Waals surface area contributed by atoms with E-state index in [-0.39, 0.29) is 5.91 Å². The molecule has 0 aliphatic carbocycles. The largest absolute Gasteiger partial charge is 0.379 e. The van der Waals surface area contributed by atoms with Gasteiger partial charge in [-0.15, -0.1) is 0 Å². The van der Waals surface area contributed by atoms with E-state index in [2.05, 4.69) is 12.2 Å². The van der Waals surface area contributed by atoms with E-state index >= 15 is 0 Å². The van der Waals surface area contributed by atoms with Gasteiger partial charge in [0, 0.05) is 45.7 Å². The van der Waals surface area contributed by atoms with Crippen LogP contribution in [-0.4, -0.2) is 93.4 Å². The maximum Gasteiger partial charge on any atom is 0.282 e. The van der Waals surface area contributed by atoms with E-state index in [1.165, 1.54) is 21.5 Å². The minimum absolute atomic E-state index is 0.159. The monoisotopic (exact) mass is 388 g/mol. The number of ether oxygens (including phenoxy) is 1. The third kappa shape index (κ3) is 4.75. The summed E-state index contributed by atoms with van der Waals surface area (Å²) in [6.07, 6.45) is 2.93. The maximum atomic E-state index is 12.7. The van der Waals surface area contributed by atoms with Crippen LogP contribution < -0.4 is 5.32 Å². The van der Waals surface area contributed by atoms with Crippen molar-refractivity contribution in [2.45, 2.75) is 26.2 Å².